The Hall–Kier alpha value is -1.03. The molecule has 0 amide bonds. The number of nitrogens with one attached hydrogen (secondary N) is 1. The van der Waals surface area contributed by atoms with Crippen LogP contribution >= 0.6 is 0 Å². The van der Waals surface area contributed by atoms with Crippen molar-refractivity contribution >= 4 is 0 Å². The molecule has 1 N–H and O–H groups in total. The smallest absolute Gasteiger partial charge is 0.293 e. The van der Waals surface area contributed by atoms with Gasteiger partial charge in [0.2, 0.25) is 0 Å². The summed E-state index contributed by atoms with van der Waals surface area (Å²) in [6.45, 7) is 2.33. The number of hydrogen-bond donors (Lipinski definition) is 1. The first-order valence-electron chi connectivity index (χ1n) is 5.07. The minimum absolute atomic E-state index is 0.588. The first kappa shape index (κ1) is 9.52. The first-order chi connectivity index (χ1) is 6.79. The summed E-state index contributed by atoms with van der Waals surface area (Å²) in [5, 5.41) is 0. The van der Waals surface area contributed by atoms with E-state index in [9.17, 15) is 0 Å². The van der Waals surface area contributed by atoms with Gasteiger partial charge in [-0.1, -0.05) is 0 Å². The van der Waals surface area contributed by atoms with E-state index in [-0.39, 0.29) is 0 Å². The number of likely N-dealkylation sites (tertiary alicyclic amines) is 1. The molecule has 0 saturated carbocycles. The lowest BCUT2D eigenvalue weighted by molar-refractivity contribution is 0.248. The van der Waals surface area contributed by atoms with Crippen LogP contribution in [-0.4, -0.2) is 42.1 Å². The number of H-pyrrole nitrogens is 1. The number of methoxy groups -OCH3 is 1. The Morgan fingerprint density at radius 3 is 3.14 bits per heavy atom. The lowest BCUT2D eigenvalue weighted by atomic mass is 9.96. The minimum atomic E-state index is 0.588. The summed E-state index contributed by atoms with van der Waals surface area (Å²) in [5.41, 5.74) is 1.20. The highest BCUT2D eigenvalue weighted by molar-refractivity contribution is 5.11. The number of aromatic nitrogens is 2. The largest absolute Gasteiger partial charge is 0.468 e. The molecule has 1 aliphatic heterocycles. The van der Waals surface area contributed by atoms with Gasteiger partial charge in [-0.3, -0.25) is 0 Å². The van der Waals surface area contributed by atoms with Gasteiger partial charge in [0.1, 0.15) is 0 Å². The predicted molar refractivity (Wildman–Crippen MR) is 54.6 cm³/mol. The molecule has 1 saturated heterocycles. The van der Waals surface area contributed by atoms with Crippen LogP contribution in [0.4, 0.5) is 0 Å². The summed E-state index contributed by atoms with van der Waals surface area (Å²) in [5.74, 6) is 0.588. The molecule has 1 aliphatic rings. The van der Waals surface area contributed by atoms with Crippen LogP contribution in [0.1, 0.15) is 24.5 Å². The average molecular weight is 195 g/mol. The van der Waals surface area contributed by atoms with Crippen LogP contribution in [0.15, 0.2) is 6.20 Å². The summed E-state index contributed by atoms with van der Waals surface area (Å²) in [6.07, 6.45) is 4.40. The second kappa shape index (κ2) is 4.00. The van der Waals surface area contributed by atoms with Gasteiger partial charge in [-0.25, -0.2) is 4.98 Å². The van der Waals surface area contributed by atoms with Crippen molar-refractivity contribution in [3.8, 4) is 6.01 Å². The minimum Gasteiger partial charge on any atom is -0.468 e. The van der Waals surface area contributed by atoms with Crippen molar-refractivity contribution < 1.29 is 4.74 Å². The van der Waals surface area contributed by atoms with Crippen LogP contribution in [-0.2, 0) is 0 Å². The van der Waals surface area contributed by atoms with Crippen LogP contribution in [0.3, 0.4) is 0 Å². The van der Waals surface area contributed by atoms with E-state index in [0.29, 0.717) is 11.9 Å². The van der Waals surface area contributed by atoms with Crippen molar-refractivity contribution in [3.05, 3.63) is 11.9 Å². The molecule has 1 aromatic rings. The monoisotopic (exact) mass is 195 g/mol. The number of ether oxygens (including phenoxy) is 1. The van der Waals surface area contributed by atoms with Gasteiger partial charge < -0.3 is 14.6 Å². The fourth-order valence-electron chi connectivity index (χ4n) is 2.05. The van der Waals surface area contributed by atoms with Gasteiger partial charge in [0.15, 0.2) is 0 Å². The maximum absolute atomic E-state index is 5.03. The molecule has 78 valence electrons. The third-order valence-corrected chi connectivity index (χ3v) is 2.83. The van der Waals surface area contributed by atoms with Crippen LogP contribution in [0.25, 0.3) is 0 Å². The van der Waals surface area contributed by atoms with Gasteiger partial charge >= 0.3 is 0 Å². The van der Waals surface area contributed by atoms with Crippen LogP contribution < -0.4 is 4.74 Å². The molecule has 2 rings (SSSR count). The van der Waals surface area contributed by atoms with Gasteiger partial charge in [-0.15, -0.1) is 0 Å². The zero-order valence-electron chi connectivity index (χ0n) is 8.79. The summed E-state index contributed by atoms with van der Waals surface area (Å²) in [4.78, 5) is 9.69. The standard InChI is InChI=1S/C10H17N3O/c1-13-5-3-4-8(7-13)9-6-11-10(12-9)14-2/h6,8H,3-5,7H2,1-2H3,(H,11,12). The van der Waals surface area contributed by atoms with Crippen molar-refractivity contribution in [1.29, 1.82) is 0 Å². The molecule has 0 aromatic carbocycles. The predicted octanol–water partition coefficient (Wildman–Crippen LogP) is 1.23. The van der Waals surface area contributed by atoms with E-state index < -0.39 is 0 Å². The number of imidazole rings is 1. The normalized spacial score (nSPS) is 23.7. The lowest BCUT2D eigenvalue weighted by Gasteiger charge is -2.28. The first-order valence-corrected chi connectivity index (χ1v) is 5.07. The number of piperidine rings is 1. The number of likely N-dealkylation sites (N-methyl/N-ethyl adjacent to an activating group) is 1. The Bertz CT molecular complexity index is 297. The van der Waals surface area contributed by atoms with E-state index in [0.717, 1.165) is 6.54 Å². The second-order valence-electron chi connectivity index (χ2n) is 3.95. The highest BCUT2D eigenvalue weighted by Crippen LogP contribution is 2.25. The fraction of sp³-hybridized carbons (Fsp3) is 0.700. The Balaban J connectivity index is 2.06. The Labute approximate surface area is 84.3 Å². The molecular formula is C10H17N3O. The third-order valence-electron chi connectivity index (χ3n) is 2.83. The van der Waals surface area contributed by atoms with Crippen LogP contribution in [0, 0.1) is 0 Å². The van der Waals surface area contributed by atoms with E-state index >= 15 is 0 Å². The molecule has 2 heterocycles. The van der Waals surface area contributed by atoms with Gasteiger partial charge in [-0.05, 0) is 26.4 Å². The molecule has 1 aromatic heterocycles. The summed E-state index contributed by atoms with van der Waals surface area (Å²) >= 11 is 0. The van der Waals surface area contributed by atoms with Crippen molar-refractivity contribution in [2.75, 3.05) is 27.2 Å². The number of aromatic amines is 1. The molecular weight excluding hydrogens is 178 g/mol. The van der Waals surface area contributed by atoms with E-state index in [1.807, 2.05) is 6.20 Å². The van der Waals surface area contributed by atoms with E-state index in [1.165, 1.54) is 25.1 Å². The molecule has 4 nitrogen and oxygen atoms in total. The van der Waals surface area contributed by atoms with E-state index in [2.05, 4.69) is 21.9 Å². The Morgan fingerprint density at radius 1 is 1.64 bits per heavy atom. The molecule has 1 atom stereocenters. The highest BCUT2D eigenvalue weighted by Gasteiger charge is 2.20. The maximum atomic E-state index is 5.03. The number of nitrogens with zero attached hydrogens (tertiary/aromatic N) is 2. The van der Waals surface area contributed by atoms with Crippen LogP contribution in [0.5, 0.6) is 6.01 Å². The maximum Gasteiger partial charge on any atom is 0.293 e. The molecule has 0 radical (unpaired) electrons. The third kappa shape index (κ3) is 1.90. The molecule has 14 heavy (non-hydrogen) atoms. The van der Waals surface area contributed by atoms with E-state index in [4.69, 9.17) is 4.74 Å². The van der Waals surface area contributed by atoms with Crippen molar-refractivity contribution in [1.82, 2.24) is 14.9 Å². The summed E-state index contributed by atoms with van der Waals surface area (Å²) < 4.78 is 5.03. The molecule has 0 aliphatic carbocycles. The average Bonchev–Trinajstić information content (AvgIpc) is 2.66. The topological polar surface area (TPSA) is 41.1 Å². The van der Waals surface area contributed by atoms with Gasteiger partial charge in [0.25, 0.3) is 6.01 Å². The quantitative estimate of drug-likeness (QED) is 0.771. The molecule has 1 fully saturated rings. The lowest BCUT2D eigenvalue weighted by Crippen LogP contribution is -2.30. The van der Waals surface area contributed by atoms with Crippen molar-refractivity contribution in [3.63, 3.8) is 0 Å². The summed E-state index contributed by atoms with van der Waals surface area (Å²) in [7, 11) is 3.80. The fourth-order valence-corrected chi connectivity index (χ4v) is 2.05. The SMILES string of the molecule is COc1ncc(C2CCCN(C)C2)[nH]1. The zero-order valence-corrected chi connectivity index (χ0v) is 8.79. The molecule has 4 heteroatoms. The summed E-state index contributed by atoms with van der Waals surface area (Å²) in [6, 6.07) is 0.619. The highest BCUT2D eigenvalue weighted by atomic mass is 16.5. The Morgan fingerprint density at radius 2 is 2.50 bits per heavy atom. The van der Waals surface area contributed by atoms with Crippen LogP contribution in [0.2, 0.25) is 0 Å². The van der Waals surface area contributed by atoms with Gasteiger partial charge in [0.05, 0.1) is 13.3 Å². The number of rotatable bonds is 2. The van der Waals surface area contributed by atoms with Gasteiger partial charge in [-0.2, -0.15) is 0 Å². The number of hydrogen-bond acceptors (Lipinski definition) is 3. The molecule has 0 bridgehead atoms. The zero-order chi connectivity index (χ0) is 9.97. The Kier molecular flexibility index (Phi) is 2.72. The van der Waals surface area contributed by atoms with Crippen molar-refractivity contribution in [2.24, 2.45) is 0 Å². The second-order valence-corrected chi connectivity index (χ2v) is 3.95. The molecule has 0 spiro atoms. The van der Waals surface area contributed by atoms with E-state index in [1.54, 1.807) is 7.11 Å². The van der Waals surface area contributed by atoms with Crippen molar-refractivity contribution in [2.45, 2.75) is 18.8 Å². The molecule has 1 unspecified atom stereocenters. The van der Waals surface area contributed by atoms with Gasteiger partial charge in [0, 0.05) is 18.2 Å².